The summed E-state index contributed by atoms with van der Waals surface area (Å²) in [6.45, 7) is 1.80. The molecule has 3 N–H and O–H groups in total. The second-order valence-electron chi connectivity index (χ2n) is 4.23. The highest BCUT2D eigenvalue weighted by Crippen LogP contribution is 2.32. The summed E-state index contributed by atoms with van der Waals surface area (Å²) >= 11 is 5.92. The quantitative estimate of drug-likeness (QED) is 0.744. The first kappa shape index (κ1) is 13.5. The van der Waals surface area contributed by atoms with Crippen LogP contribution in [0, 0.1) is 5.82 Å². The lowest BCUT2D eigenvalue weighted by atomic mass is 10.1. The van der Waals surface area contributed by atoms with Gasteiger partial charge in [0.15, 0.2) is 0 Å². The van der Waals surface area contributed by atoms with Crippen LogP contribution in [0.3, 0.4) is 0 Å². The Morgan fingerprint density at radius 3 is 2.58 bits per heavy atom. The van der Waals surface area contributed by atoms with Crippen molar-refractivity contribution in [2.24, 2.45) is 0 Å². The van der Waals surface area contributed by atoms with E-state index in [1.54, 1.807) is 6.92 Å². The Balaban J connectivity index is 2.25. The van der Waals surface area contributed by atoms with Crippen molar-refractivity contribution in [2.75, 3.05) is 5.32 Å². The topological polar surface area (TPSA) is 52.5 Å². The minimum Gasteiger partial charge on any atom is -0.508 e. The third kappa shape index (κ3) is 3.09. The monoisotopic (exact) mass is 281 g/mol. The van der Waals surface area contributed by atoms with Gasteiger partial charge in [-0.05, 0) is 43.3 Å². The van der Waals surface area contributed by atoms with Gasteiger partial charge in [-0.2, -0.15) is 0 Å². The molecule has 1 atom stereocenters. The number of halogens is 2. The van der Waals surface area contributed by atoms with Crippen molar-refractivity contribution in [3.05, 3.63) is 52.8 Å². The van der Waals surface area contributed by atoms with Crippen molar-refractivity contribution < 1.29 is 14.6 Å². The first-order chi connectivity index (χ1) is 8.97. The molecule has 0 aromatic heterocycles. The van der Waals surface area contributed by atoms with E-state index in [0.717, 1.165) is 0 Å². The second-order valence-corrected chi connectivity index (χ2v) is 4.64. The summed E-state index contributed by atoms with van der Waals surface area (Å²) in [6, 6.07) is 8.00. The number of anilines is 1. The van der Waals surface area contributed by atoms with Crippen molar-refractivity contribution in [2.45, 2.75) is 13.0 Å². The third-order valence-electron chi connectivity index (χ3n) is 2.78. The van der Waals surface area contributed by atoms with E-state index in [-0.39, 0.29) is 22.6 Å². The number of phenolic OH excluding ortho intramolecular Hbond substituents is 2. The fraction of sp³-hybridized carbons (Fsp3) is 0.143. The Kier molecular flexibility index (Phi) is 3.81. The van der Waals surface area contributed by atoms with Crippen LogP contribution in [-0.2, 0) is 0 Å². The van der Waals surface area contributed by atoms with Crippen LogP contribution in [0.4, 0.5) is 10.1 Å². The van der Waals surface area contributed by atoms with E-state index in [2.05, 4.69) is 5.32 Å². The van der Waals surface area contributed by atoms with Crippen LogP contribution < -0.4 is 5.32 Å². The predicted molar refractivity (Wildman–Crippen MR) is 73.2 cm³/mol. The molecule has 5 heteroatoms. The highest BCUT2D eigenvalue weighted by molar-refractivity contribution is 6.33. The standard InChI is InChI=1S/C14H13ClFNO2/c1-8(11-7-10(18)3-5-14(11)19)17-13-4-2-9(16)6-12(13)15/h2-8,17-19H,1H3. The van der Waals surface area contributed by atoms with Crippen LogP contribution >= 0.6 is 11.6 Å². The van der Waals surface area contributed by atoms with Crippen LogP contribution in [0.1, 0.15) is 18.5 Å². The van der Waals surface area contributed by atoms with Gasteiger partial charge >= 0.3 is 0 Å². The van der Waals surface area contributed by atoms with Crippen LogP contribution in [0.2, 0.25) is 5.02 Å². The molecule has 19 heavy (non-hydrogen) atoms. The van der Waals surface area contributed by atoms with E-state index in [1.165, 1.54) is 36.4 Å². The first-order valence-corrected chi connectivity index (χ1v) is 6.08. The molecule has 1 unspecified atom stereocenters. The first-order valence-electron chi connectivity index (χ1n) is 5.71. The molecule has 3 nitrogen and oxygen atoms in total. The summed E-state index contributed by atoms with van der Waals surface area (Å²) in [7, 11) is 0. The van der Waals surface area contributed by atoms with Gasteiger partial charge < -0.3 is 15.5 Å². The molecule has 0 aliphatic rings. The van der Waals surface area contributed by atoms with Crippen LogP contribution in [0.5, 0.6) is 11.5 Å². The molecule has 0 aliphatic carbocycles. The van der Waals surface area contributed by atoms with Gasteiger partial charge in [0.1, 0.15) is 17.3 Å². The van der Waals surface area contributed by atoms with E-state index in [0.29, 0.717) is 11.3 Å². The largest absolute Gasteiger partial charge is 0.508 e. The molecule has 0 spiro atoms. The summed E-state index contributed by atoms with van der Waals surface area (Å²) in [5.41, 5.74) is 1.08. The zero-order valence-corrected chi connectivity index (χ0v) is 10.9. The van der Waals surface area contributed by atoms with E-state index in [1.807, 2.05) is 0 Å². The second kappa shape index (κ2) is 5.36. The van der Waals surface area contributed by atoms with Crippen molar-refractivity contribution in [1.82, 2.24) is 0 Å². The summed E-state index contributed by atoms with van der Waals surface area (Å²) in [4.78, 5) is 0. The smallest absolute Gasteiger partial charge is 0.124 e. The molecule has 100 valence electrons. The highest BCUT2D eigenvalue weighted by atomic mass is 35.5. The van der Waals surface area contributed by atoms with Crippen LogP contribution in [0.25, 0.3) is 0 Å². The molecule has 0 fully saturated rings. The van der Waals surface area contributed by atoms with Gasteiger partial charge in [-0.15, -0.1) is 0 Å². The van der Waals surface area contributed by atoms with Crippen molar-refractivity contribution >= 4 is 17.3 Å². The molecule has 0 bridgehead atoms. The van der Waals surface area contributed by atoms with E-state index in [9.17, 15) is 14.6 Å². The Hall–Kier alpha value is -1.94. The van der Waals surface area contributed by atoms with Crippen molar-refractivity contribution in [3.8, 4) is 11.5 Å². The lowest BCUT2D eigenvalue weighted by Gasteiger charge is -2.18. The van der Waals surface area contributed by atoms with E-state index in [4.69, 9.17) is 11.6 Å². The van der Waals surface area contributed by atoms with Gasteiger partial charge in [0.05, 0.1) is 16.8 Å². The van der Waals surface area contributed by atoms with Crippen molar-refractivity contribution in [3.63, 3.8) is 0 Å². The number of aromatic hydroxyl groups is 2. The lowest BCUT2D eigenvalue weighted by Crippen LogP contribution is -2.07. The molecule has 0 radical (unpaired) electrons. The summed E-state index contributed by atoms with van der Waals surface area (Å²) in [6.07, 6.45) is 0. The molecule has 2 aromatic rings. The van der Waals surface area contributed by atoms with Gasteiger partial charge in [0.25, 0.3) is 0 Å². The van der Waals surface area contributed by atoms with E-state index < -0.39 is 5.82 Å². The lowest BCUT2D eigenvalue weighted by molar-refractivity contribution is 0.451. The van der Waals surface area contributed by atoms with Gasteiger partial charge in [-0.3, -0.25) is 0 Å². The molecular weight excluding hydrogens is 269 g/mol. The molecular formula is C14H13ClFNO2. The zero-order valence-electron chi connectivity index (χ0n) is 10.2. The molecule has 2 rings (SSSR count). The van der Waals surface area contributed by atoms with Crippen molar-refractivity contribution in [1.29, 1.82) is 0 Å². The number of rotatable bonds is 3. The Morgan fingerprint density at radius 1 is 1.16 bits per heavy atom. The number of nitrogens with one attached hydrogen (secondary N) is 1. The molecule has 0 saturated carbocycles. The number of hydrogen-bond donors (Lipinski definition) is 3. The Bertz CT molecular complexity index is 604. The Labute approximate surface area is 115 Å². The Morgan fingerprint density at radius 2 is 1.89 bits per heavy atom. The van der Waals surface area contributed by atoms with Crippen LogP contribution in [0.15, 0.2) is 36.4 Å². The highest BCUT2D eigenvalue weighted by Gasteiger charge is 2.12. The number of hydrogen-bond acceptors (Lipinski definition) is 3. The third-order valence-corrected chi connectivity index (χ3v) is 3.09. The minimum absolute atomic E-state index is 0.0617. The SMILES string of the molecule is CC(Nc1ccc(F)cc1Cl)c1cc(O)ccc1O. The summed E-state index contributed by atoms with van der Waals surface area (Å²) < 4.78 is 12.9. The van der Waals surface area contributed by atoms with Gasteiger partial charge in [-0.25, -0.2) is 4.39 Å². The van der Waals surface area contributed by atoms with E-state index >= 15 is 0 Å². The fourth-order valence-electron chi connectivity index (χ4n) is 1.81. The van der Waals surface area contributed by atoms with Gasteiger partial charge in [0.2, 0.25) is 0 Å². The zero-order chi connectivity index (χ0) is 14.0. The molecule has 2 aromatic carbocycles. The number of benzene rings is 2. The molecule has 0 heterocycles. The summed E-state index contributed by atoms with van der Waals surface area (Å²) in [5.74, 6) is -0.286. The maximum absolute atomic E-state index is 12.9. The average molecular weight is 282 g/mol. The minimum atomic E-state index is -0.414. The predicted octanol–water partition coefficient (Wildman–Crippen LogP) is 4.06. The molecule has 0 aliphatic heterocycles. The summed E-state index contributed by atoms with van der Waals surface area (Å²) in [5, 5.41) is 22.5. The van der Waals surface area contributed by atoms with Gasteiger partial charge in [0, 0.05) is 5.56 Å². The van der Waals surface area contributed by atoms with Gasteiger partial charge in [-0.1, -0.05) is 11.6 Å². The fourth-order valence-corrected chi connectivity index (χ4v) is 2.03. The number of phenols is 2. The average Bonchev–Trinajstić information content (AvgIpc) is 2.35. The maximum atomic E-state index is 12.9. The molecule has 0 saturated heterocycles. The normalized spacial score (nSPS) is 12.2. The molecule has 0 amide bonds. The maximum Gasteiger partial charge on any atom is 0.124 e. The van der Waals surface area contributed by atoms with Crippen LogP contribution in [-0.4, -0.2) is 10.2 Å².